The van der Waals surface area contributed by atoms with Crippen LogP contribution in [0.4, 0.5) is 0 Å². The predicted octanol–water partition coefficient (Wildman–Crippen LogP) is 1.39. The van der Waals surface area contributed by atoms with E-state index in [-0.39, 0.29) is 0 Å². The Kier molecular flexibility index (Phi) is 2.89. The van der Waals surface area contributed by atoms with Gasteiger partial charge in [-0.05, 0) is 25.5 Å². The van der Waals surface area contributed by atoms with Gasteiger partial charge in [0.05, 0.1) is 6.10 Å². The molecule has 0 spiro atoms. The van der Waals surface area contributed by atoms with Crippen LogP contribution in [0.25, 0.3) is 0 Å². The summed E-state index contributed by atoms with van der Waals surface area (Å²) >= 11 is 0. The number of furan rings is 1. The smallest absolute Gasteiger partial charge is 0.137 e. The standard InChI is InChI=1S/C9H14O3/c1-3-7(10)9(11)8-5-4-6(2)12-8/h4-5,7,9-11H,3H2,1-2H3/t7-,9+/m1/s1. The third kappa shape index (κ3) is 1.87. The van der Waals surface area contributed by atoms with Crippen LogP contribution in [0.1, 0.15) is 31.0 Å². The predicted molar refractivity (Wildman–Crippen MR) is 44.7 cm³/mol. The number of hydrogen-bond donors (Lipinski definition) is 2. The average molecular weight is 170 g/mol. The summed E-state index contributed by atoms with van der Waals surface area (Å²) in [6.45, 7) is 3.61. The zero-order chi connectivity index (χ0) is 9.14. The summed E-state index contributed by atoms with van der Waals surface area (Å²) in [5.41, 5.74) is 0. The van der Waals surface area contributed by atoms with Crippen molar-refractivity contribution in [3.05, 3.63) is 23.7 Å². The summed E-state index contributed by atoms with van der Waals surface area (Å²) in [6.07, 6.45) is -1.12. The lowest BCUT2D eigenvalue weighted by Crippen LogP contribution is -2.16. The zero-order valence-corrected chi connectivity index (χ0v) is 7.32. The SMILES string of the molecule is CC[C@@H](O)[C@H](O)c1ccc(C)o1. The van der Waals surface area contributed by atoms with E-state index in [1.807, 2.05) is 6.92 Å². The molecule has 12 heavy (non-hydrogen) atoms. The Bertz CT molecular complexity index is 242. The van der Waals surface area contributed by atoms with Gasteiger partial charge in [0.2, 0.25) is 0 Å². The van der Waals surface area contributed by atoms with E-state index < -0.39 is 12.2 Å². The highest BCUT2D eigenvalue weighted by atomic mass is 16.4. The van der Waals surface area contributed by atoms with Crippen LogP contribution in [0.5, 0.6) is 0 Å². The first-order chi connectivity index (χ1) is 5.65. The molecule has 2 atom stereocenters. The minimum absolute atomic E-state index is 0.432. The lowest BCUT2D eigenvalue weighted by molar-refractivity contribution is 0.00337. The Hall–Kier alpha value is -0.800. The molecular formula is C9H14O3. The molecule has 68 valence electrons. The van der Waals surface area contributed by atoms with E-state index in [4.69, 9.17) is 4.42 Å². The van der Waals surface area contributed by atoms with E-state index in [1.54, 1.807) is 19.1 Å². The summed E-state index contributed by atoms with van der Waals surface area (Å²) in [5.74, 6) is 1.18. The molecule has 0 unspecified atom stereocenters. The van der Waals surface area contributed by atoms with Crippen molar-refractivity contribution in [3.63, 3.8) is 0 Å². The molecule has 1 aromatic rings. The van der Waals surface area contributed by atoms with Crippen molar-refractivity contribution in [3.8, 4) is 0 Å². The van der Waals surface area contributed by atoms with Gasteiger partial charge in [-0.2, -0.15) is 0 Å². The van der Waals surface area contributed by atoms with E-state index in [2.05, 4.69) is 0 Å². The molecule has 3 nitrogen and oxygen atoms in total. The minimum atomic E-state index is -0.899. The maximum atomic E-state index is 9.46. The minimum Gasteiger partial charge on any atom is -0.464 e. The molecule has 0 saturated heterocycles. The van der Waals surface area contributed by atoms with E-state index in [1.165, 1.54) is 0 Å². The molecule has 1 rings (SSSR count). The highest BCUT2D eigenvalue weighted by molar-refractivity contribution is 5.08. The first-order valence-corrected chi connectivity index (χ1v) is 4.07. The molecule has 0 bridgehead atoms. The Morgan fingerprint density at radius 1 is 1.42 bits per heavy atom. The van der Waals surface area contributed by atoms with Gasteiger partial charge in [0.1, 0.15) is 17.6 Å². The van der Waals surface area contributed by atoms with E-state index in [9.17, 15) is 10.2 Å². The Balaban J connectivity index is 2.70. The van der Waals surface area contributed by atoms with Crippen molar-refractivity contribution in [2.45, 2.75) is 32.5 Å². The summed E-state index contributed by atoms with van der Waals surface area (Å²) in [4.78, 5) is 0. The second-order valence-corrected chi connectivity index (χ2v) is 2.87. The van der Waals surface area contributed by atoms with Crippen LogP contribution in [0.15, 0.2) is 16.5 Å². The van der Waals surface area contributed by atoms with E-state index in [0.29, 0.717) is 12.2 Å². The van der Waals surface area contributed by atoms with Gasteiger partial charge in [0.25, 0.3) is 0 Å². The van der Waals surface area contributed by atoms with Gasteiger partial charge in [-0.15, -0.1) is 0 Å². The third-order valence-electron chi connectivity index (χ3n) is 1.84. The molecule has 0 radical (unpaired) electrons. The second kappa shape index (κ2) is 3.74. The van der Waals surface area contributed by atoms with Crippen LogP contribution in [-0.4, -0.2) is 16.3 Å². The Morgan fingerprint density at radius 2 is 2.08 bits per heavy atom. The lowest BCUT2D eigenvalue weighted by atomic mass is 10.1. The Labute approximate surface area is 71.6 Å². The quantitative estimate of drug-likeness (QED) is 0.720. The largest absolute Gasteiger partial charge is 0.464 e. The molecule has 3 heteroatoms. The highest BCUT2D eigenvalue weighted by Gasteiger charge is 2.19. The van der Waals surface area contributed by atoms with E-state index in [0.717, 1.165) is 5.76 Å². The van der Waals surface area contributed by atoms with Gasteiger partial charge in [-0.1, -0.05) is 6.92 Å². The molecule has 0 aromatic carbocycles. The first kappa shape index (κ1) is 9.29. The molecule has 0 fully saturated rings. The number of aryl methyl sites for hydroxylation is 1. The average Bonchev–Trinajstić information content (AvgIpc) is 2.49. The summed E-state index contributed by atoms with van der Waals surface area (Å²) in [7, 11) is 0. The van der Waals surface area contributed by atoms with Crippen molar-refractivity contribution >= 4 is 0 Å². The molecule has 2 N–H and O–H groups in total. The fourth-order valence-corrected chi connectivity index (χ4v) is 1.03. The van der Waals surface area contributed by atoms with E-state index >= 15 is 0 Å². The number of hydrogen-bond acceptors (Lipinski definition) is 3. The molecule has 0 aliphatic carbocycles. The van der Waals surface area contributed by atoms with Gasteiger partial charge < -0.3 is 14.6 Å². The maximum absolute atomic E-state index is 9.46. The summed E-state index contributed by atoms with van der Waals surface area (Å²) in [5, 5.41) is 18.7. The van der Waals surface area contributed by atoms with Crippen molar-refractivity contribution in [2.24, 2.45) is 0 Å². The molecule has 1 aromatic heterocycles. The van der Waals surface area contributed by atoms with Crippen LogP contribution in [0.3, 0.4) is 0 Å². The first-order valence-electron chi connectivity index (χ1n) is 4.07. The van der Waals surface area contributed by atoms with Crippen molar-refractivity contribution in [1.82, 2.24) is 0 Å². The number of aliphatic hydroxyl groups excluding tert-OH is 2. The van der Waals surface area contributed by atoms with Crippen LogP contribution >= 0.6 is 0 Å². The number of rotatable bonds is 3. The topological polar surface area (TPSA) is 53.6 Å². The van der Waals surface area contributed by atoms with Crippen molar-refractivity contribution in [2.75, 3.05) is 0 Å². The van der Waals surface area contributed by atoms with Gasteiger partial charge in [0, 0.05) is 0 Å². The highest BCUT2D eigenvalue weighted by Crippen LogP contribution is 2.20. The van der Waals surface area contributed by atoms with Crippen molar-refractivity contribution < 1.29 is 14.6 Å². The number of aliphatic hydroxyl groups is 2. The van der Waals surface area contributed by atoms with Crippen LogP contribution in [0, 0.1) is 6.92 Å². The summed E-state index contributed by atoms with van der Waals surface area (Å²) < 4.78 is 5.16. The fraction of sp³-hybridized carbons (Fsp3) is 0.556. The van der Waals surface area contributed by atoms with Crippen LogP contribution < -0.4 is 0 Å². The molecule has 0 aliphatic rings. The van der Waals surface area contributed by atoms with Crippen LogP contribution in [0.2, 0.25) is 0 Å². The normalized spacial score (nSPS) is 16.0. The molecular weight excluding hydrogens is 156 g/mol. The molecule has 1 heterocycles. The maximum Gasteiger partial charge on any atom is 0.137 e. The van der Waals surface area contributed by atoms with Gasteiger partial charge in [-0.3, -0.25) is 0 Å². The Morgan fingerprint density at radius 3 is 2.50 bits per heavy atom. The summed E-state index contributed by atoms with van der Waals surface area (Å²) in [6, 6.07) is 3.44. The van der Waals surface area contributed by atoms with Crippen LogP contribution in [-0.2, 0) is 0 Å². The molecule has 0 saturated carbocycles. The molecule has 0 amide bonds. The monoisotopic (exact) mass is 170 g/mol. The van der Waals surface area contributed by atoms with Gasteiger partial charge >= 0.3 is 0 Å². The van der Waals surface area contributed by atoms with Gasteiger partial charge in [0.15, 0.2) is 0 Å². The zero-order valence-electron chi connectivity index (χ0n) is 7.32. The van der Waals surface area contributed by atoms with Crippen molar-refractivity contribution in [1.29, 1.82) is 0 Å². The lowest BCUT2D eigenvalue weighted by Gasteiger charge is -2.12. The third-order valence-corrected chi connectivity index (χ3v) is 1.84. The fourth-order valence-electron chi connectivity index (χ4n) is 1.03. The molecule has 0 aliphatic heterocycles. The van der Waals surface area contributed by atoms with Gasteiger partial charge in [-0.25, -0.2) is 0 Å². The second-order valence-electron chi connectivity index (χ2n) is 2.87.